The van der Waals surface area contributed by atoms with Crippen molar-refractivity contribution in [1.29, 1.82) is 0 Å². The highest BCUT2D eigenvalue weighted by molar-refractivity contribution is 7.92. The molecule has 0 saturated carbocycles. The molecule has 0 bridgehead atoms. The summed E-state index contributed by atoms with van der Waals surface area (Å²) in [6, 6.07) is 7.30. The molecule has 1 heterocycles. The first-order valence-electron chi connectivity index (χ1n) is 9.68. The predicted octanol–water partition coefficient (Wildman–Crippen LogP) is 2.70. The summed E-state index contributed by atoms with van der Waals surface area (Å²) in [7, 11) is 0.380. The van der Waals surface area contributed by atoms with Gasteiger partial charge in [0.15, 0.2) is 17.6 Å². The van der Waals surface area contributed by atoms with Crippen LogP contribution in [0.3, 0.4) is 0 Å². The number of hydrogen-bond donors (Lipinski definition) is 1. The number of carbonyl (C=O) groups excluding carboxylic acids is 2. The van der Waals surface area contributed by atoms with Crippen molar-refractivity contribution in [2.24, 2.45) is 0 Å². The molecule has 2 aromatic rings. The third kappa shape index (κ3) is 5.25. The number of amides is 1. The fourth-order valence-electron chi connectivity index (χ4n) is 3.36. The van der Waals surface area contributed by atoms with Crippen LogP contribution in [-0.2, 0) is 19.6 Å². The maximum absolute atomic E-state index is 13.1. The first kappa shape index (κ1) is 24.5. The molecule has 0 spiro atoms. The smallest absolute Gasteiger partial charge is 0.340 e. The van der Waals surface area contributed by atoms with E-state index in [9.17, 15) is 18.0 Å². The standard InChI is InChI=1S/C21H23ClN2O8S/c1-29-18-10-13(21(26)31-3)14(11-19(18)30-2)23-20(25)17-7-8-24(33(4,27)28)15-9-12(22)5-6-16(15)32-17/h5-6,9-11,17H,7-8H2,1-4H3,(H,23,25)/t17-/m0/s1. The highest BCUT2D eigenvalue weighted by Gasteiger charge is 2.32. The van der Waals surface area contributed by atoms with Gasteiger partial charge in [0.2, 0.25) is 10.0 Å². The summed E-state index contributed by atoms with van der Waals surface area (Å²) >= 11 is 6.04. The number of nitrogens with one attached hydrogen (secondary N) is 1. The minimum absolute atomic E-state index is 0.0138. The molecule has 0 aliphatic carbocycles. The van der Waals surface area contributed by atoms with Gasteiger partial charge in [-0.15, -0.1) is 0 Å². The van der Waals surface area contributed by atoms with Gasteiger partial charge in [0, 0.05) is 30.1 Å². The minimum atomic E-state index is -3.65. The molecular weight excluding hydrogens is 476 g/mol. The maximum atomic E-state index is 13.1. The minimum Gasteiger partial charge on any atom is -0.493 e. The number of nitrogens with zero attached hydrogens (tertiary/aromatic N) is 1. The quantitative estimate of drug-likeness (QED) is 0.603. The topological polar surface area (TPSA) is 120 Å². The number of sulfonamides is 1. The summed E-state index contributed by atoms with van der Waals surface area (Å²) in [6.45, 7) is -0.0138. The third-order valence-electron chi connectivity index (χ3n) is 4.93. The molecule has 33 heavy (non-hydrogen) atoms. The summed E-state index contributed by atoms with van der Waals surface area (Å²) in [5.74, 6) is -0.551. The molecule has 12 heteroatoms. The molecule has 1 atom stereocenters. The number of esters is 1. The Hall–Kier alpha value is -3.18. The van der Waals surface area contributed by atoms with Gasteiger partial charge in [0.25, 0.3) is 5.91 Å². The molecule has 0 aromatic heterocycles. The first-order valence-corrected chi connectivity index (χ1v) is 11.9. The van der Waals surface area contributed by atoms with E-state index < -0.39 is 28.0 Å². The van der Waals surface area contributed by atoms with Crippen molar-refractivity contribution in [2.75, 3.05) is 43.8 Å². The average molecular weight is 499 g/mol. The number of anilines is 2. The SMILES string of the molecule is COC(=O)c1cc(OC)c(OC)cc1NC(=O)[C@@H]1CCN(S(C)(=O)=O)c2cc(Cl)ccc2O1. The summed E-state index contributed by atoms with van der Waals surface area (Å²) in [5, 5.41) is 2.97. The van der Waals surface area contributed by atoms with Crippen LogP contribution in [0.15, 0.2) is 30.3 Å². The summed E-state index contributed by atoms with van der Waals surface area (Å²) in [5.41, 5.74) is 0.400. The molecule has 0 radical (unpaired) electrons. The van der Waals surface area contributed by atoms with Crippen LogP contribution >= 0.6 is 11.6 Å². The van der Waals surface area contributed by atoms with Crippen molar-refractivity contribution in [1.82, 2.24) is 0 Å². The number of methoxy groups -OCH3 is 3. The lowest BCUT2D eigenvalue weighted by Gasteiger charge is -2.21. The van der Waals surface area contributed by atoms with Crippen LogP contribution in [0, 0.1) is 0 Å². The molecule has 1 aliphatic rings. The summed E-state index contributed by atoms with van der Waals surface area (Å²) in [6.07, 6.45) is 0.0476. The van der Waals surface area contributed by atoms with Gasteiger partial charge in [-0.05, 0) is 18.2 Å². The molecule has 10 nitrogen and oxygen atoms in total. The number of carbonyl (C=O) groups is 2. The molecular formula is C21H23ClN2O8S. The lowest BCUT2D eigenvalue weighted by Crippen LogP contribution is -2.36. The summed E-state index contributed by atoms with van der Waals surface area (Å²) < 4.78 is 46.9. The van der Waals surface area contributed by atoms with Crippen LogP contribution in [-0.4, -0.2) is 60.5 Å². The molecule has 0 saturated heterocycles. The Kier molecular flexibility index (Phi) is 7.23. The fourth-order valence-corrected chi connectivity index (χ4v) is 4.46. The Balaban J connectivity index is 1.95. The Labute approximate surface area is 196 Å². The number of ether oxygens (including phenoxy) is 4. The largest absolute Gasteiger partial charge is 0.493 e. The number of rotatable bonds is 6. The zero-order valence-electron chi connectivity index (χ0n) is 18.4. The summed E-state index contributed by atoms with van der Waals surface area (Å²) in [4.78, 5) is 25.4. The van der Waals surface area contributed by atoms with Crippen LogP contribution in [0.4, 0.5) is 11.4 Å². The number of halogens is 1. The molecule has 1 amide bonds. The monoisotopic (exact) mass is 498 g/mol. The van der Waals surface area contributed by atoms with Crippen molar-refractivity contribution < 1.29 is 37.0 Å². The zero-order valence-corrected chi connectivity index (χ0v) is 20.0. The number of fused-ring (bicyclic) bond motifs is 1. The van der Waals surface area contributed by atoms with E-state index >= 15 is 0 Å². The number of benzene rings is 2. The van der Waals surface area contributed by atoms with Gasteiger partial charge < -0.3 is 24.3 Å². The van der Waals surface area contributed by atoms with Crippen molar-refractivity contribution >= 4 is 44.9 Å². The lowest BCUT2D eigenvalue weighted by molar-refractivity contribution is -0.122. The second-order valence-electron chi connectivity index (χ2n) is 7.08. The van der Waals surface area contributed by atoms with Crippen LogP contribution in [0.25, 0.3) is 0 Å². The van der Waals surface area contributed by atoms with Gasteiger partial charge in [0.05, 0.1) is 44.5 Å². The van der Waals surface area contributed by atoms with E-state index in [1.807, 2.05) is 0 Å². The Bertz CT molecular complexity index is 1190. The molecule has 0 fully saturated rings. The van der Waals surface area contributed by atoms with Crippen LogP contribution in [0.2, 0.25) is 5.02 Å². The molecule has 1 aliphatic heterocycles. The van der Waals surface area contributed by atoms with Gasteiger partial charge in [-0.3, -0.25) is 9.10 Å². The second kappa shape index (κ2) is 9.75. The Morgan fingerprint density at radius 2 is 1.79 bits per heavy atom. The number of hydrogen-bond acceptors (Lipinski definition) is 8. The van der Waals surface area contributed by atoms with Crippen molar-refractivity contribution in [3.8, 4) is 17.2 Å². The van der Waals surface area contributed by atoms with Gasteiger partial charge in [-0.1, -0.05) is 11.6 Å². The highest BCUT2D eigenvalue weighted by Crippen LogP contribution is 2.37. The van der Waals surface area contributed by atoms with Crippen molar-refractivity contribution in [2.45, 2.75) is 12.5 Å². The van der Waals surface area contributed by atoms with Crippen molar-refractivity contribution in [3.63, 3.8) is 0 Å². The van der Waals surface area contributed by atoms with Crippen molar-refractivity contribution in [3.05, 3.63) is 40.9 Å². The average Bonchev–Trinajstić information content (AvgIpc) is 2.97. The Morgan fingerprint density at radius 1 is 1.12 bits per heavy atom. The van der Waals surface area contributed by atoms with E-state index in [1.165, 1.54) is 51.7 Å². The van der Waals surface area contributed by atoms with Gasteiger partial charge in [0.1, 0.15) is 5.75 Å². The van der Waals surface area contributed by atoms with E-state index in [0.717, 1.165) is 10.6 Å². The second-order valence-corrected chi connectivity index (χ2v) is 9.42. The normalized spacial score (nSPS) is 15.5. The molecule has 2 aromatic carbocycles. The Morgan fingerprint density at radius 3 is 2.39 bits per heavy atom. The van der Waals surface area contributed by atoms with Crippen LogP contribution < -0.4 is 23.8 Å². The zero-order chi connectivity index (χ0) is 24.3. The van der Waals surface area contributed by atoms with E-state index in [2.05, 4.69) is 5.32 Å². The van der Waals surface area contributed by atoms with E-state index in [0.29, 0.717) is 5.02 Å². The predicted molar refractivity (Wildman–Crippen MR) is 122 cm³/mol. The van der Waals surface area contributed by atoms with E-state index in [1.54, 1.807) is 0 Å². The molecule has 0 unspecified atom stereocenters. The lowest BCUT2D eigenvalue weighted by atomic mass is 10.1. The van der Waals surface area contributed by atoms with Crippen LogP contribution in [0.5, 0.6) is 17.2 Å². The van der Waals surface area contributed by atoms with E-state index in [4.69, 9.17) is 30.5 Å². The van der Waals surface area contributed by atoms with Gasteiger partial charge >= 0.3 is 5.97 Å². The van der Waals surface area contributed by atoms with Gasteiger partial charge in [-0.2, -0.15) is 0 Å². The fraction of sp³-hybridized carbons (Fsp3) is 0.333. The molecule has 3 rings (SSSR count). The van der Waals surface area contributed by atoms with Crippen LogP contribution in [0.1, 0.15) is 16.8 Å². The third-order valence-corrected chi connectivity index (χ3v) is 6.35. The molecule has 1 N–H and O–H groups in total. The highest BCUT2D eigenvalue weighted by atomic mass is 35.5. The first-order chi connectivity index (χ1) is 15.6. The van der Waals surface area contributed by atoms with Gasteiger partial charge in [-0.25, -0.2) is 13.2 Å². The molecule has 178 valence electrons. The van der Waals surface area contributed by atoms with E-state index in [-0.39, 0.29) is 47.2 Å². The maximum Gasteiger partial charge on any atom is 0.340 e.